The second kappa shape index (κ2) is 3.68. The van der Waals surface area contributed by atoms with E-state index >= 15 is 0 Å². The molecule has 1 aromatic rings. The summed E-state index contributed by atoms with van der Waals surface area (Å²) < 4.78 is 5.50. The Balaban J connectivity index is 2.37. The normalized spacial score (nSPS) is 16.7. The molecule has 0 fully saturated rings. The Kier molecular flexibility index (Phi) is 2.48. The molecule has 0 radical (unpaired) electrons. The molecule has 1 N–H and O–H groups in total. The number of rotatable bonds is 1. The summed E-state index contributed by atoms with van der Waals surface area (Å²) in [4.78, 5) is 15.7. The summed E-state index contributed by atoms with van der Waals surface area (Å²) in [5.74, 6) is 0.642. The Hall–Kier alpha value is -1.74. The van der Waals surface area contributed by atoms with Gasteiger partial charge in [-0.2, -0.15) is 5.26 Å². The monoisotopic (exact) mass is 235 g/mol. The van der Waals surface area contributed by atoms with Crippen molar-refractivity contribution in [1.29, 1.82) is 5.26 Å². The second-order valence-corrected chi connectivity index (χ2v) is 4.56. The third-order valence-corrected chi connectivity index (χ3v) is 2.65. The molecule has 82 valence electrons. The minimum absolute atomic E-state index is 0.244. The number of pyridine rings is 1. The van der Waals surface area contributed by atoms with Crippen LogP contribution in [0.3, 0.4) is 0 Å². The molecule has 0 unspecified atom stereocenters. The first kappa shape index (κ1) is 10.8. The predicted octanol–water partition coefficient (Wildman–Crippen LogP) is 1.76. The van der Waals surface area contributed by atoms with Crippen molar-refractivity contribution >= 4 is 23.5 Å². The Labute approximate surface area is 96.8 Å². The van der Waals surface area contributed by atoms with Crippen LogP contribution in [0.4, 0.5) is 5.82 Å². The number of fused-ring (bicyclic) bond motifs is 1. The lowest BCUT2D eigenvalue weighted by molar-refractivity contribution is -0.129. The third kappa shape index (κ3) is 1.82. The van der Waals surface area contributed by atoms with E-state index in [0.717, 1.165) is 11.8 Å². The number of amides is 1. The summed E-state index contributed by atoms with van der Waals surface area (Å²) >= 11 is 0.937. The maximum absolute atomic E-state index is 11.6. The number of carbonyl (C=O) groups is 1. The highest BCUT2D eigenvalue weighted by molar-refractivity contribution is 8.03. The van der Waals surface area contributed by atoms with Crippen LogP contribution in [0.25, 0.3) is 0 Å². The van der Waals surface area contributed by atoms with E-state index in [0.29, 0.717) is 16.6 Å². The number of hydrogen-bond acceptors (Lipinski definition) is 5. The molecule has 5 nitrogen and oxygen atoms in total. The van der Waals surface area contributed by atoms with Gasteiger partial charge in [-0.05, 0) is 26.0 Å². The van der Waals surface area contributed by atoms with Gasteiger partial charge in [-0.1, -0.05) is 0 Å². The van der Waals surface area contributed by atoms with E-state index in [-0.39, 0.29) is 5.91 Å². The van der Waals surface area contributed by atoms with Crippen LogP contribution in [0.5, 0.6) is 5.75 Å². The van der Waals surface area contributed by atoms with Crippen molar-refractivity contribution in [3.05, 3.63) is 12.1 Å². The molecule has 0 aliphatic carbocycles. The van der Waals surface area contributed by atoms with E-state index in [1.165, 1.54) is 0 Å². The molecule has 2 rings (SSSR count). The topological polar surface area (TPSA) is 75.0 Å². The van der Waals surface area contributed by atoms with E-state index in [9.17, 15) is 4.79 Å². The molecule has 6 heteroatoms. The first-order chi connectivity index (χ1) is 7.53. The molecule has 0 aromatic carbocycles. The number of aromatic nitrogens is 1. The van der Waals surface area contributed by atoms with Crippen molar-refractivity contribution in [3.8, 4) is 11.2 Å². The average Bonchev–Trinajstić information content (AvgIpc) is 2.20. The highest BCUT2D eigenvalue weighted by Crippen LogP contribution is 2.33. The Morgan fingerprint density at radius 3 is 3.00 bits per heavy atom. The number of nitriles is 1. The number of carbonyl (C=O) groups excluding carboxylic acids is 1. The minimum atomic E-state index is -0.890. The summed E-state index contributed by atoms with van der Waals surface area (Å²) in [6.07, 6.45) is 0. The lowest BCUT2D eigenvalue weighted by atomic mass is 10.1. The largest absolute Gasteiger partial charge is 0.474 e. The molecule has 1 amide bonds. The molecular weight excluding hydrogens is 226 g/mol. The molecule has 2 heterocycles. The number of ether oxygens (including phenoxy) is 1. The van der Waals surface area contributed by atoms with E-state index in [4.69, 9.17) is 10.00 Å². The van der Waals surface area contributed by atoms with Gasteiger partial charge in [0.05, 0.1) is 0 Å². The van der Waals surface area contributed by atoms with Crippen molar-refractivity contribution in [2.75, 3.05) is 5.32 Å². The van der Waals surface area contributed by atoms with Crippen molar-refractivity contribution in [1.82, 2.24) is 4.98 Å². The lowest BCUT2D eigenvalue weighted by Crippen LogP contribution is -2.46. The lowest BCUT2D eigenvalue weighted by Gasteiger charge is -2.30. The maximum atomic E-state index is 11.6. The van der Waals surface area contributed by atoms with Gasteiger partial charge >= 0.3 is 0 Å². The SMILES string of the molecule is CC1(C)Oc2ccc(SC#N)nc2NC1=O. The molecule has 1 aliphatic heterocycles. The summed E-state index contributed by atoms with van der Waals surface area (Å²) in [6, 6.07) is 3.38. The number of nitrogens with zero attached hydrogens (tertiary/aromatic N) is 2. The number of nitrogens with one attached hydrogen (secondary N) is 1. The number of hydrogen-bond donors (Lipinski definition) is 1. The van der Waals surface area contributed by atoms with Gasteiger partial charge in [-0.3, -0.25) is 4.79 Å². The summed E-state index contributed by atoms with van der Waals surface area (Å²) in [5, 5.41) is 13.6. The average molecular weight is 235 g/mol. The molecule has 1 aliphatic rings. The second-order valence-electron chi connectivity index (χ2n) is 3.76. The van der Waals surface area contributed by atoms with Gasteiger partial charge < -0.3 is 10.1 Å². The summed E-state index contributed by atoms with van der Waals surface area (Å²) in [7, 11) is 0. The zero-order chi connectivity index (χ0) is 11.8. The Morgan fingerprint density at radius 1 is 1.56 bits per heavy atom. The fourth-order valence-corrected chi connectivity index (χ4v) is 1.65. The van der Waals surface area contributed by atoms with E-state index < -0.39 is 5.60 Å². The summed E-state index contributed by atoms with van der Waals surface area (Å²) in [5.41, 5.74) is -0.890. The van der Waals surface area contributed by atoms with Gasteiger partial charge in [-0.15, -0.1) is 0 Å². The third-order valence-electron chi connectivity index (χ3n) is 2.13. The highest BCUT2D eigenvalue weighted by atomic mass is 32.2. The zero-order valence-corrected chi connectivity index (χ0v) is 9.59. The Morgan fingerprint density at radius 2 is 2.31 bits per heavy atom. The maximum Gasteiger partial charge on any atom is 0.269 e. The van der Waals surface area contributed by atoms with Crippen molar-refractivity contribution in [2.24, 2.45) is 0 Å². The highest BCUT2D eigenvalue weighted by Gasteiger charge is 2.36. The minimum Gasteiger partial charge on any atom is -0.474 e. The zero-order valence-electron chi connectivity index (χ0n) is 8.77. The smallest absolute Gasteiger partial charge is 0.269 e. The molecule has 0 bridgehead atoms. The molecule has 0 saturated carbocycles. The van der Waals surface area contributed by atoms with Gasteiger partial charge in [0, 0.05) is 11.8 Å². The van der Waals surface area contributed by atoms with Crippen molar-refractivity contribution in [2.45, 2.75) is 24.5 Å². The van der Waals surface area contributed by atoms with Crippen LogP contribution in [-0.4, -0.2) is 16.5 Å². The molecule has 0 spiro atoms. The van der Waals surface area contributed by atoms with Crippen molar-refractivity contribution < 1.29 is 9.53 Å². The van der Waals surface area contributed by atoms with E-state index in [2.05, 4.69) is 10.3 Å². The first-order valence-electron chi connectivity index (χ1n) is 4.60. The van der Waals surface area contributed by atoms with Crippen LogP contribution in [0.15, 0.2) is 17.2 Å². The molecule has 0 atom stereocenters. The quantitative estimate of drug-likeness (QED) is 0.593. The number of anilines is 1. The van der Waals surface area contributed by atoms with Crippen LogP contribution < -0.4 is 10.1 Å². The molecule has 16 heavy (non-hydrogen) atoms. The van der Waals surface area contributed by atoms with Gasteiger partial charge in [0.15, 0.2) is 17.2 Å². The van der Waals surface area contributed by atoms with Crippen molar-refractivity contribution in [3.63, 3.8) is 0 Å². The van der Waals surface area contributed by atoms with E-state index in [1.807, 2.05) is 5.40 Å². The fourth-order valence-electron chi connectivity index (χ4n) is 1.28. The first-order valence-corrected chi connectivity index (χ1v) is 5.42. The number of thiocyanates is 1. The molecule has 1 aromatic heterocycles. The van der Waals surface area contributed by atoms with Crippen LogP contribution in [0.2, 0.25) is 0 Å². The standard InChI is InChI=1S/C10H9N3O2S/c1-10(2)9(14)13-8-6(15-10)3-4-7(12-8)16-5-11/h3-4H,1-2H3,(H,12,13,14). The van der Waals surface area contributed by atoms with Crippen LogP contribution in [0.1, 0.15) is 13.8 Å². The van der Waals surface area contributed by atoms with Gasteiger partial charge in [0.1, 0.15) is 10.4 Å². The van der Waals surface area contributed by atoms with E-state index in [1.54, 1.807) is 26.0 Å². The van der Waals surface area contributed by atoms with Gasteiger partial charge in [0.25, 0.3) is 5.91 Å². The van der Waals surface area contributed by atoms with Crippen LogP contribution >= 0.6 is 11.8 Å². The molecular formula is C10H9N3O2S. The molecule has 0 saturated heterocycles. The predicted molar refractivity (Wildman–Crippen MR) is 59.0 cm³/mol. The Bertz CT molecular complexity index is 493. The van der Waals surface area contributed by atoms with Crippen LogP contribution in [0, 0.1) is 10.7 Å². The summed E-state index contributed by atoms with van der Waals surface area (Å²) in [6.45, 7) is 3.37. The number of thioether (sulfide) groups is 1. The van der Waals surface area contributed by atoms with Gasteiger partial charge in [0.2, 0.25) is 0 Å². The van der Waals surface area contributed by atoms with Gasteiger partial charge in [-0.25, -0.2) is 4.98 Å². The van der Waals surface area contributed by atoms with Crippen LogP contribution in [-0.2, 0) is 4.79 Å². The fraction of sp³-hybridized carbons (Fsp3) is 0.300.